The minimum absolute atomic E-state index is 0.0216. The summed E-state index contributed by atoms with van der Waals surface area (Å²) in [6.07, 6.45) is 0.150. The van der Waals surface area contributed by atoms with Crippen molar-refractivity contribution in [1.82, 2.24) is 10.6 Å². The van der Waals surface area contributed by atoms with E-state index in [1.165, 1.54) is 12.1 Å². The Morgan fingerprint density at radius 1 is 0.627 bits per heavy atom. The van der Waals surface area contributed by atoms with Crippen molar-refractivity contribution in [2.24, 2.45) is 0 Å². The molecule has 0 aliphatic rings. The van der Waals surface area contributed by atoms with Gasteiger partial charge >= 0.3 is 12.2 Å². The number of rotatable bonds is 23. The third-order valence-corrected chi connectivity index (χ3v) is 6.57. The van der Waals surface area contributed by atoms with Crippen molar-refractivity contribution < 1.29 is 61.0 Å². The van der Waals surface area contributed by atoms with E-state index in [9.17, 15) is 18.0 Å². The van der Waals surface area contributed by atoms with Crippen LogP contribution in [-0.4, -0.2) is 136 Å². The highest BCUT2D eigenvalue weighted by Gasteiger charge is 2.16. The summed E-state index contributed by atoms with van der Waals surface area (Å²) in [4.78, 5) is 22.7. The monoisotopic (exact) mass is 774 g/mol. The second kappa shape index (κ2) is 31.3. The van der Waals surface area contributed by atoms with Gasteiger partial charge in [-0.3, -0.25) is 0 Å². The van der Waals surface area contributed by atoms with Crippen LogP contribution in [0.4, 0.5) is 9.59 Å². The van der Waals surface area contributed by atoms with Crippen LogP contribution in [0.2, 0.25) is 0 Å². The van der Waals surface area contributed by atoms with Gasteiger partial charge in [-0.2, -0.15) is 0 Å². The second-order valence-corrected chi connectivity index (χ2v) is 15.1. The molecule has 0 fully saturated rings. The van der Waals surface area contributed by atoms with Crippen LogP contribution in [0.15, 0.2) is 29.2 Å². The summed E-state index contributed by atoms with van der Waals surface area (Å²) in [6.45, 7) is 21.7. The molecule has 0 saturated carbocycles. The van der Waals surface area contributed by atoms with Crippen LogP contribution in [-0.2, 0) is 46.9 Å². The van der Waals surface area contributed by atoms with Gasteiger partial charge in [-0.1, -0.05) is 24.6 Å². The van der Waals surface area contributed by atoms with Gasteiger partial charge < -0.3 is 53.6 Å². The number of hydrogen-bond donors (Lipinski definition) is 3. The number of amides is 2. The smallest absolute Gasteiger partial charge is 0.407 e. The zero-order chi connectivity index (χ0) is 39.0. The Kier molecular flexibility index (Phi) is 31.2. The Balaban J connectivity index is 0. The molecule has 3 N–H and O–H groups in total. The average molecular weight is 775 g/mol. The van der Waals surface area contributed by atoms with Crippen molar-refractivity contribution in [3.8, 4) is 0 Å². The highest BCUT2D eigenvalue weighted by atomic mass is 35.7. The van der Waals surface area contributed by atoms with Crippen LogP contribution in [0.5, 0.6) is 0 Å². The number of benzene rings is 1. The van der Waals surface area contributed by atoms with Crippen molar-refractivity contribution in [2.75, 3.05) is 99.0 Å². The van der Waals surface area contributed by atoms with Gasteiger partial charge in [0.2, 0.25) is 0 Å². The molecule has 0 atom stereocenters. The number of aliphatic hydroxyl groups excluding tert-OH is 1. The molecule has 0 bridgehead atoms. The van der Waals surface area contributed by atoms with Crippen LogP contribution in [0.1, 0.15) is 60.5 Å². The normalized spacial score (nSPS) is 11.4. The fraction of sp³-hybridized carbons (Fsp3) is 0.765. The summed E-state index contributed by atoms with van der Waals surface area (Å²) >= 11 is 0. The van der Waals surface area contributed by atoms with Crippen LogP contribution >= 0.6 is 10.7 Å². The van der Waals surface area contributed by atoms with Crippen molar-refractivity contribution in [3.63, 3.8) is 0 Å². The molecule has 1 aromatic rings. The van der Waals surface area contributed by atoms with Crippen LogP contribution < -0.4 is 10.6 Å². The van der Waals surface area contributed by atoms with Gasteiger partial charge in [0, 0.05) is 30.4 Å². The number of nitrogens with one attached hydrogen (secondary N) is 2. The van der Waals surface area contributed by atoms with Gasteiger partial charge in [-0.15, -0.1) is 0 Å². The van der Waals surface area contributed by atoms with E-state index in [-0.39, 0.29) is 11.5 Å². The number of carbonyl (C=O) groups excluding carboxylic acids is 2. The number of aryl methyl sites for hydroxylation is 1. The minimum atomic E-state index is -3.55. The van der Waals surface area contributed by atoms with Gasteiger partial charge in [0.1, 0.15) is 11.2 Å². The van der Waals surface area contributed by atoms with Crippen molar-refractivity contribution in [2.45, 2.75) is 77.9 Å². The fourth-order valence-corrected chi connectivity index (χ4v) is 3.84. The zero-order valence-electron chi connectivity index (χ0n) is 31.8. The highest BCUT2D eigenvalue weighted by molar-refractivity contribution is 8.13. The molecule has 300 valence electrons. The summed E-state index contributed by atoms with van der Waals surface area (Å²) in [5.74, 6) is 0. The fourth-order valence-electron chi connectivity index (χ4n) is 3.07. The third kappa shape index (κ3) is 40.4. The molecule has 0 spiro atoms. The quantitative estimate of drug-likeness (QED) is 0.105. The Morgan fingerprint density at radius 3 is 1.27 bits per heavy atom. The molecule has 0 heterocycles. The molecule has 0 radical (unpaired) electrons. The molecule has 2 amide bonds. The largest absolute Gasteiger partial charge is 0.444 e. The summed E-state index contributed by atoms with van der Waals surface area (Å²) in [7, 11) is 1.54. The van der Waals surface area contributed by atoms with Crippen LogP contribution in [0, 0.1) is 6.92 Å². The Morgan fingerprint density at radius 2 is 0.961 bits per heavy atom. The number of alkyl carbamates (subject to hydrolysis) is 2. The molecule has 0 aliphatic heterocycles. The molecule has 0 aliphatic carbocycles. The van der Waals surface area contributed by atoms with E-state index in [1.807, 2.05) is 48.5 Å². The molecular formula is C34H63ClN2O13S. The molecule has 0 aromatic heterocycles. The number of halogens is 1. The van der Waals surface area contributed by atoms with E-state index in [0.717, 1.165) is 18.6 Å². The molecule has 15 nitrogen and oxygen atoms in total. The molecule has 51 heavy (non-hydrogen) atoms. The Bertz CT molecular complexity index is 1050. The number of carbonyl (C=O) groups is 2. The first-order valence-electron chi connectivity index (χ1n) is 16.9. The predicted molar refractivity (Wildman–Crippen MR) is 195 cm³/mol. The van der Waals surface area contributed by atoms with Gasteiger partial charge in [0.25, 0.3) is 9.05 Å². The van der Waals surface area contributed by atoms with E-state index in [4.69, 9.17) is 53.7 Å². The molecule has 0 saturated heterocycles. The zero-order valence-corrected chi connectivity index (χ0v) is 33.3. The van der Waals surface area contributed by atoms with Crippen molar-refractivity contribution in [3.05, 3.63) is 29.8 Å². The van der Waals surface area contributed by atoms with Gasteiger partial charge in [0.05, 0.1) is 84.2 Å². The molecule has 1 aromatic carbocycles. The highest BCUT2D eigenvalue weighted by Crippen LogP contribution is 2.14. The predicted octanol–water partition coefficient (Wildman–Crippen LogP) is 4.45. The lowest BCUT2D eigenvalue weighted by Gasteiger charge is -2.19. The van der Waals surface area contributed by atoms with Gasteiger partial charge in [0.15, 0.2) is 0 Å². The first-order chi connectivity index (χ1) is 23.9. The maximum absolute atomic E-state index is 11.3. The number of ether oxygens (including phenoxy) is 8. The summed E-state index contributed by atoms with van der Waals surface area (Å²) in [5, 5.41) is 13.7. The molecular weight excluding hydrogens is 712 g/mol. The standard InChI is InChI=1S/C14H29NO5.C13H27NO6.C7H7ClO2S/c1-5-7-17-9-11-19-12-10-18-8-6-15-13(16)20-14(2,3)4;1-13(2,3)20-12(16)14-4-6-17-8-10-19-11-9-18-7-5-15;1-6-2-4-7(5-3-6)11(8,9)10/h5-12H2,1-4H3,(H,15,16);15H,4-11H2,1-3H3,(H,14,16);2-5H,1H3. The number of hydrogen-bond acceptors (Lipinski definition) is 13. The van der Waals surface area contributed by atoms with E-state index in [0.29, 0.717) is 85.8 Å². The van der Waals surface area contributed by atoms with Gasteiger partial charge in [-0.05, 0) is 67.0 Å². The van der Waals surface area contributed by atoms with E-state index < -0.39 is 32.4 Å². The Hall–Kier alpha value is -2.28. The number of aliphatic hydroxyl groups is 1. The lowest BCUT2D eigenvalue weighted by molar-refractivity contribution is 0.00749. The van der Waals surface area contributed by atoms with Crippen LogP contribution in [0.25, 0.3) is 0 Å². The summed E-state index contributed by atoms with van der Waals surface area (Å²) in [6, 6.07) is 6.37. The summed E-state index contributed by atoms with van der Waals surface area (Å²) < 4.78 is 63.0. The molecule has 0 unspecified atom stereocenters. The Labute approximate surface area is 309 Å². The lowest BCUT2D eigenvalue weighted by atomic mass is 10.2. The second-order valence-electron chi connectivity index (χ2n) is 12.5. The lowest BCUT2D eigenvalue weighted by Crippen LogP contribution is -2.34. The van der Waals surface area contributed by atoms with E-state index >= 15 is 0 Å². The maximum Gasteiger partial charge on any atom is 0.407 e. The first kappa shape index (κ1) is 50.8. The molecule has 1 rings (SSSR count). The van der Waals surface area contributed by atoms with Crippen molar-refractivity contribution >= 4 is 31.9 Å². The topological polar surface area (TPSA) is 186 Å². The SMILES string of the molecule is CC(C)(C)OC(=O)NCCOCCOCCOCCO.CCCOCCOCCOCCNC(=O)OC(C)(C)C.Cc1ccc(S(=O)(=O)Cl)cc1. The summed E-state index contributed by atoms with van der Waals surface area (Å²) in [5.41, 5.74) is 0.0456. The first-order valence-corrected chi connectivity index (χ1v) is 19.2. The maximum atomic E-state index is 11.3. The van der Waals surface area contributed by atoms with E-state index in [1.54, 1.807) is 12.1 Å². The van der Waals surface area contributed by atoms with Gasteiger partial charge in [-0.25, -0.2) is 18.0 Å². The average Bonchev–Trinajstić information content (AvgIpc) is 3.01. The van der Waals surface area contributed by atoms with E-state index in [2.05, 4.69) is 17.6 Å². The van der Waals surface area contributed by atoms with Crippen LogP contribution in [0.3, 0.4) is 0 Å². The van der Waals surface area contributed by atoms with Crippen molar-refractivity contribution in [1.29, 1.82) is 0 Å². The molecule has 17 heteroatoms. The minimum Gasteiger partial charge on any atom is -0.444 e. The third-order valence-electron chi connectivity index (χ3n) is 5.20.